The fourth-order valence-electron chi connectivity index (χ4n) is 1.98. The molecule has 0 fully saturated rings. The van der Waals surface area contributed by atoms with Crippen LogP contribution in [0.1, 0.15) is 16.5 Å². The normalized spacial score (nSPS) is 12.2. The first-order chi connectivity index (χ1) is 9.52. The van der Waals surface area contributed by atoms with Crippen LogP contribution in [0.15, 0.2) is 36.4 Å². The molecule has 2 aromatic rings. The lowest BCUT2D eigenvalue weighted by Gasteiger charge is -2.15. The van der Waals surface area contributed by atoms with Crippen LogP contribution in [0.3, 0.4) is 0 Å². The highest BCUT2D eigenvalue weighted by atomic mass is 35.5. The molecule has 106 valence electrons. The van der Waals surface area contributed by atoms with Gasteiger partial charge in [-0.3, -0.25) is 0 Å². The van der Waals surface area contributed by atoms with Crippen LogP contribution in [0, 0.1) is 17.5 Å². The van der Waals surface area contributed by atoms with E-state index in [1.165, 1.54) is 25.3 Å². The van der Waals surface area contributed by atoms with Gasteiger partial charge in [-0.05, 0) is 30.2 Å². The molecule has 0 saturated carbocycles. The summed E-state index contributed by atoms with van der Waals surface area (Å²) in [4.78, 5) is 0. The van der Waals surface area contributed by atoms with Gasteiger partial charge in [0.15, 0.2) is 0 Å². The van der Waals surface area contributed by atoms with Crippen molar-refractivity contribution in [2.75, 3.05) is 7.11 Å². The second-order valence-electron chi connectivity index (χ2n) is 4.26. The number of halogens is 4. The molecular formula is C15H12ClF3O. The topological polar surface area (TPSA) is 9.23 Å². The molecule has 0 saturated heterocycles. The Balaban J connectivity index is 2.30. The summed E-state index contributed by atoms with van der Waals surface area (Å²) in [7, 11) is 1.40. The van der Waals surface area contributed by atoms with Crippen molar-refractivity contribution in [2.24, 2.45) is 0 Å². The van der Waals surface area contributed by atoms with Crippen molar-refractivity contribution in [3.63, 3.8) is 0 Å². The van der Waals surface area contributed by atoms with Gasteiger partial charge in [0.05, 0.1) is 12.5 Å². The molecule has 1 atom stereocenters. The van der Waals surface area contributed by atoms with Crippen molar-refractivity contribution in [3.05, 3.63) is 65.0 Å². The molecule has 0 radical (unpaired) electrons. The minimum absolute atomic E-state index is 0.0327. The summed E-state index contributed by atoms with van der Waals surface area (Å²) in [6, 6.07) is 7.55. The monoisotopic (exact) mass is 300 g/mol. The van der Waals surface area contributed by atoms with Gasteiger partial charge in [-0.15, -0.1) is 11.6 Å². The molecule has 0 bridgehead atoms. The van der Waals surface area contributed by atoms with Crippen LogP contribution >= 0.6 is 11.6 Å². The van der Waals surface area contributed by atoms with E-state index in [0.29, 0.717) is 5.75 Å². The Morgan fingerprint density at radius 1 is 1.10 bits per heavy atom. The van der Waals surface area contributed by atoms with Crippen LogP contribution in [0.25, 0.3) is 0 Å². The molecule has 5 heteroatoms. The van der Waals surface area contributed by atoms with Gasteiger partial charge in [0.1, 0.15) is 23.2 Å². The van der Waals surface area contributed by atoms with Crippen molar-refractivity contribution >= 4 is 11.6 Å². The minimum atomic E-state index is -0.814. The smallest absolute Gasteiger partial charge is 0.131 e. The van der Waals surface area contributed by atoms with Crippen molar-refractivity contribution in [1.82, 2.24) is 0 Å². The van der Waals surface area contributed by atoms with E-state index in [1.54, 1.807) is 6.07 Å². The average Bonchev–Trinajstić information content (AvgIpc) is 2.41. The molecule has 0 aromatic heterocycles. The van der Waals surface area contributed by atoms with Crippen LogP contribution in [0.4, 0.5) is 13.2 Å². The molecule has 2 aromatic carbocycles. The maximum absolute atomic E-state index is 13.8. The standard InChI is InChI=1S/C15H12ClF3O/c1-20-14-4-2-3-12(18)15(14)11(16)7-9-5-6-10(17)8-13(9)19/h2-6,8,11H,7H2,1H3. The first-order valence-corrected chi connectivity index (χ1v) is 6.37. The molecular weight excluding hydrogens is 289 g/mol. The summed E-state index contributed by atoms with van der Waals surface area (Å²) in [6.45, 7) is 0. The first kappa shape index (κ1) is 14.7. The van der Waals surface area contributed by atoms with Crippen LogP contribution < -0.4 is 4.74 Å². The van der Waals surface area contributed by atoms with Crippen LogP contribution in [-0.4, -0.2) is 7.11 Å². The highest BCUT2D eigenvalue weighted by molar-refractivity contribution is 6.21. The Morgan fingerprint density at radius 2 is 1.85 bits per heavy atom. The van der Waals surface area contributed by atoms with Gasteiger partial charge in [-0.25, -0.2) is 13.2 Å². The summed E-state index contributed by atoms with van der Waals surface area (Å²) >= 11 is 6.16. The highest BCUT2D eigenvalue weighted by Gasteiger charge is 2.20. The third-order valence-corrected chi connectivity index (χ3v) is 3.33. The van der Waals surface area contributed by atoms with Crippen molar-refractivity contribution in [3.8, 4) is 5.75 Å². The molecule has 0 aliphatic rings. The average molecular weight is 301 g/mol. The number of alkyl halides is 1. The third-order valence-electron chi connectivity index (χ3n) is 2.96. The lowest BCUT2D eigenvalue weighted by atomic mass is 10.0. The highest BCUT2D eigenvalue weighted by Crippen LogP contribution is 2.34. The Hall–Kier alpha value is -1.68. The van der Waals surface area contributed by atoms with Crippen LogP contribution in [0.5, 0.6) is 5.75 Å². The van der Waals surface area contributed by atoms with Crippen molar-refractivity contribution in [2.45, 2.75) is 11.8 Å². The summed E-state index contributed by atoms with van der Waals surface area (Å²) in [6.07, 6.45) is 0.0327. The third kappa shape index (κ3) is 3.07. The van der Waals surface area contributed by atoms with E-state index in [4.69, 9.17) is 16.3 Å². The fourth-order valence-corrected chi connectivity index (χ4v) is 2.36. The SMILES string of the molecule is COc1cccc(F)c1C(Cl)Cc1ccc(F)cc1F. The lowest BCUT2D eigenvalue weighted by Crippen LogP contribution is -2.04. The molecule has 0 aliphatic heterocycles. The van der Waals surface area contributed by atoms with Crippen LogP contribution in [-0.2, 0) is 6.42 Å². The van der Waals surface area contributed by atoms with Gasteiger partial charge in [-0.2, -0.15) is 0 Å². The number of ether oxygens (including phenoxy) is 1. The van der Waals surface area contributed by atoms with E-state index in [2.05, 4.69) is 0 Å². The van der Waals surface area contributed by atoms with E-state index in [0.717, 1.165) is 12.1 Å². The first-order valence-electron chi connectivity index (χ1n) is 5.93. The molecule has 0 amide bonds. The van der Waals surface area contributed by atoms with Gasteiger partial charge in [0, 0.05) is 11.6 Å². The zero-order valence-electron chi connectivity index (χ0n) is 10.7. The predicted molar refractivity (Wildman–Crippen MR) is 71.6 cm³/mol. The van der Waals surface area contributed by atoms with E-state index >= 15 is 0 Å². The molecule has 0 spiro atoms. The maximum Gasteiger partial charge on any atom is 0.131 e. The lowest BCUT2D eigenvalue weighted by molar-refractivity contribution is 0.403. The number of hydrogen-bond donors (Lipinski definition) is 0. The van der Waals surface area contributed by atoms with E-state index in [-0.39, 0.29) is 17.5 Å². The number of benzene rings is 2. The van der Waals surface area contributed by atoms with E-state index in [9.17, 15) is 13.2 Å². The fraction of sp³-hybridized carbons (Fsp3) is 0.200. The predicted octanol–water partition coefficient (Wildman–Crippen LogP) is 4.64. The number of rotatable bonds is 4. The number of hydrogen-bond acceptors (Lipinski definition) is 1. The van der Waals surface area contributed by atoms with Gasteiger partial charge >= 0.3 is 0 Å². The Kier molecular flexibility index (Phi) is 4.55. The largest absolute Gasteiger partial charge is 0.496 e. The zero-order valence-corrected chi connectivity index (χ0v) is 11.4. The van der Waals surface area contributed by atoms with Crippen molar-refractivity contribution < 1.29 is 17.9 Å². The van der Waals surface area contributed by atoms with Gasteiger partial charge < -0.3 is 4.74 Å². The second kappa shape index (κ2) is 6.18. The molecule has 0 N–H and O–H groups in total. The molecule has 20 heavy (non-hydrogen) atoms. The number of methoxy groups -OCH3 is 1. The van der Waals surface area contributed by atoms with Crippen LogP contribution in [0.2, 0.25) is 0 Å². The minimum Gasteiger partial charge on any atom is -0.496 e. The Morgan fingerprint density at radius 3 is 2.50 bits per heavy atom. The summed E-state index contributed by atoms with van der Waals surface area (Å²) < 4.78 is 45.3. The Bertz CT molecular complexity index is 616. The van der Waals surface area contributed by atoms with E-state index in [1.807, 2.05) is 0 Å². The molecule has 2 rings (SSSR count). The summed E-state index contributed by atoms with van der Waals surface area (Å²) in [5, 5.41) is -0.814. The zero-order chi connectivity index (χ0) is 14.7. The van der Waals surface area contributed by atoms with Gasteiger partial charge in [0.2, 0.25) is 0 Å². The van der Waals surface area contributed by atoms with Gasteiger partial charge in [-0.1, -0.05) is 12.1 Å². The van der Waals surface area contributed by atoms with Crippen molar-refractivity contribution in [1.29, 1.82) is 0 Å². The quantitative estimate of drug-likeness (QED) is 0.748. The van der Waals surface area contributed by atoms with E-state index < -0.39 is 22.8 Å². The molecule has 0 aliphatic carbocycles. The molecule has 0 heterocycles. The maximum atomic E-state index is 13.8. The second-order valence-corrected chi connectivity index (χ2v) is 4.79. The summed E-state index contributed by atoms with van der Waals surface area (Å²) in [5.74, 6) is -1.59. The molecule has 1 unspecified atom stereocenters. The molecule has 1 nitrogen and oxygen atoms in total. The summed E-state index contributed by atoms with van der Waals surface area (Å²) in [5.41, 5.74) is 0.386. The van der Waals surface area contributed by atoms with Gasteiger partial charge in [0.25, 0.3) is 0 Å². The Labute approximate surface area is 119 Å².